The molecular formula is C12H18N2O. The molecule has 1 unspecified atom stereocenters. The van der Waals surface area contributed by atoms with Gasteiger partial charge < -0.3 is 15.0 Å². The lowest BCUT2D eigenvalue weighted by Gasteiger charge is -2.12. The molecule has 1 atom stereocenters. The Morgan fingerprint density at radius 2 is 2.33 bits per heavy atom. The molecule has 0 bridgehead atoms. The summed E-state index contributed by atoms with van der Waals surface area (Å²) in [6.07, 6.45) is 0. The summed E-state index contributed by atoms with van der Waals surface area (Å²) in [5, 5.41) is 3.24. The average molecular weight is 206 g/mol. The predicted molar refractivity (Wildman–Crippen MR) is 62.9 cm³/mol. The number of rotatable bonds is 3. The fourth-order valence-corrected chi connectivity index (χ4v) is 2.28. The maximum atomic E-state index is 5.26. The molecule has 0 fully saturated rings. The van der Waals surface area contributed by atoms with Gasteiger partial charge in [-0.1, -0.05) is 0 Å². The van der Waals surface area contributed by atoms with Crippen LogP contribution in [0.25, 0.3) is 0 Å². The van der Waals surface area contributed by atoms with Crippen molar-refractivity contribution < 1.29 is 4.74 Å². The maximum Gasteiger partial charge on any atom is 0.119 e. The van der Waals surface area contributed by atoms with Gasteiger partial charge in [0, 0.05) is 31.7 Å². The summed E-state index contributed by atoms with van der Waals surface area (Å²) in [5.74, 6) is 1.52. The summed E-state index contributed by atoms with van der Waals surface area (Å²) >= 11 is 0. The summed E-state index contributed by atoms with van der Waals surface area (Å²) in [6.45, 7) is 2.11. The van der Waals surface area contributed by atoms with E-state index < -0.39 is 0 Å². The number of hydrogen-bond acceptors (Lipinski definition) is 3. The number of fused-ring (bicyclic) bond motifs is 1. The van der Waals surface area contributed by atoms with Crippen molar-refractivity contribution >= 4 is 5.69 Å². The first kappa shape index (κ1) is 10.3. The Labute approximate surface area is 91.0 Å². The molecule has 0 radical (unpaired) electrons. The second-order valence-electron chi connectivity index (χ2n) is 4.06. The number of likely N-dealkylation sites (N-methyl/N-ethyl adjacent to an activating group) is 2. The van der Waals surface area contributed by atoms with Gasteiger partial charge in [0.1, 0.15) is 5.75 Å². The van der Waals surface area contributed by atoms with Gasteiger partial charge in [0.15, 0.2) is 0 Å². The van der Waals surface area contributed by atoms with Crippen LogP contribution in [0, 0.1) is 0 Å². The van der Waals surface area contributed by atoms with Crippen molar-refractivity contribution in [1.29, 1.82) is 0 Å². The van der Waals surface area contributed by atoms with E-state index in [4.69, 9.17) is 4.74 Å². The van der Waals surface area contributed by atoms with E-state index in [1.807, 2.05) is 13.1 Å². The highest BCUT2D eigenvalue weighted by Crippen LogP contribution is 2.37. The second-order valence-corrected chi connectivity index (χ2v) is 4.06. The van der Waals surface area contributed by atoms with Crippen molar-refractivity contribution in [3.05, 3.63) is 23.8 Å². The number of benzene rings is 1. The van der Waals surface area contributed by atoms with E-state index in [2.05, 4.69) is 29.4 Å². The molecular weight excluding hydrogens is 188 g/mol. The highest BCUT2D eigenvalue weighted by Gasteiger charge is 2.25. The number of nitrogens with one attached hydrogen (secondary N) is 1. The minimum Gasteiger partial charge on any atom is -0.497 e. The van der Waals surface area contributed by atoms with Gasteiger partial charge in [0.05, 0.1) is 7.11 Å². The van der Waals surface area contributed by atoms with Gasteiger partial charge in [0.25, 0.3) is 0 Å². The molecule has 1 aromatic rings. The highest BCUT2D eigenvalue weighted by molar-refractivity contribution is 5.61. The van der Waals surface area contributed by atoms with Gasteiger partial charge in [-0.2, -0.15) is 0 Å². The zero-order valence-corrected chi connectivity index (χ0v) is 9.58. The lowest BCUT2D eigenvalue weighted by atomic mass is 10.0. The van der Waals surface area contributed by atoms with Crippen LogP contribution in [-0.2, 0) is 0 Å². The van der Waals surface area contributed by atoms with E-state index in [9.17, 15) is 0 Å². The van der Waals surface area contributed by atoms with Crippen LogP contribution in [0.2, 0.25) is 0 Å². The molecule has 1 aromatic carbocycles. The van der Waals surface area contributed by atoms with Crippen LogP contribution in [-0.4, -0.2) is 34.3 Å². The normalized spacial score (nSPS) is 19.1. The minimum atomic E-state index is 0.574. The molecule has 0 aliphatic carbocycles. The van der Waals surface area contributed by atoms with Crippen LogP contribution in [0.15, 0.2) is 18.2 Å². The first-order valence-electron chi connectivity index (χ1n) is 5.30. The molecule has 3 heteroatoms. The highest BCUT2D eigenvalue weighted by atomic mass is 16.5. The third-order valence-corrected chi connectivity index (χ3v) is 3.03. The fourth-order valence-electron chi connectivity index (χ4n) is 2.28. The van der Waals surface area contributed by atoms with Gasteiger partial charge in [0.2, 0.25) is 0 Å². The molecule has 0 spiro atoms. The standard InChI is InChI=1S/C12H18N2O/c1-13-7-9-8-14(2)12-5-4-10(15-3)6-11(9)12/h4-6,9,13H,7-8H2,1-3H3. The van der Waals surface area contributed by atoms with Crippen molar-refractivity contribution in [2.24, 2.45) is 0 Å². The van der Waals surface area contributed by atoms with Crippen molar-refractivity contribution in [2.45, 2.75) is 5.92 Å². The van der Waals surface area contributed by atoms with Gasteiger partial charge >= 0.3 is 0 Å². The minimum absolute atomic E-state index is 0.574. The Bertz CT molecular complexity index is 351. The molecule has 2 rings (SSSR count). The Balaban J connectivity index is 2.34. The third kappa shape index (κ3) is 1.79. The molecule has 1 heterocycles. The zero-order chi connectivity index (χ0) is 10.8. The second kappa shape index (κ2) is 4.11. The quantitative estimate of drug-likeness (QED) is 0.810. The van der Waals surface area contributed by atoms with Gasteiger partial charge in [-0.25, -0.2) is 0 Å². The topological polar surface area (TPSA) is 24.5 Å². The average Bonchev–Trinajstić information content (AvgIpc) is 2.56. The Morgan fingerprint density at radius 1 is 1.53 bits per heavy atom. The smallest absolute Gasteiger partial charge is 0.119 e. The summed E-state index contributed by atoms with van der Waals surface area (Å²) in [6, 6.07) is 6.32. The summed E-state index contributed by atoms with van der Waals surface area (Å²) in [7, 11) is 5.85. The SMILES string of the molecule is CNCC1CN(C)c2ccc(OC)cc21. The predicted octanol–water partition coefficient (Wildman–Crippen LogP) is 1.45. The third-order valence-electron chi connectivity index (χ3n) is 3.03. The maximum absolute atomic E-state index is 5.26. The zero-order valence-electron chi connectivity index (χ0n) is 9.58. The van der Waals surface area contributed by atoms with E-state index >= 15 is 0 Å². The molecule has 0 aromatic heterocycles. The molecule has 1 N–H and O–H groups in total. The molecule has 1 aliphatic rings. The first-order chi connectivity index (χ1) is 7.26. The number of nitrogens with zero attached hydrogens (tertiary/aromatic N) is 1. The Morgan fingerprint density at radius 3 is 3.00 bits per heavy atom. The van der Waals surface area contributed by atoms with Crippen LogP contribution in [0.3, 0.4) is 0 Å². The summed E-state index contributed by atoms with van der Waals surface area (Å²) < 4.78 is 5.26. The monoisotopic (exact) mass is 206 g/mol. The van der Waals surface area contributed by atoms with Crippen LogP contribution < -0.4 is 15.0 Å². The largest absolute Gasteiger partial charge is 0.497 e. The number of hydrogen-bond donors (Lipinski definition) is 1. The van der Waals surface area contributed by atoms with E-state index in [0.29, 0.717) is 5.92 Å². The fraction of sp³-hybridized carbons (Fsp3) is 0.500. The lowest BCUT2D eigenvalue weighted by molar-refractivity contribution is 0.414. The lowest BCUT2D eigenvalue weighted by Crippen LogP contribution is -2.22. The van der Waals surface area contributed by atoms with Crippen LogP contribution in [0.1, 0.15) is 11.5 Å². The van der Waals surface area contributed by atoms with Crippen molar-refractivity contribution in [2.75, 3.05) is 39.2 Å². The molecule has 0 amide bonds. The van der Waals surface area contributed by atoms with E-state index in [-0.39, 0.29) is 0 Å². The summed E-state index contributed by atoms with van der Waals surface area (Å²) in [5.41, 5.74) is 2.72. The van der Waals surface area contributed by atoms with Crippen molar-refractivity contribution in [3.63, 3.8) is 0 Å². The number of ether oxygens (including phenoxy) is 1. The number of anilines is 1. The van der Waals surface area contributed by atoms with E-state index in [1.54, 1.807) is 7.11 Å². The van der Waals surface area contributed by atoms with Crippen LogP contribution in [0.5, 0.6) is 5.75 Å². The van der Waals surface area contributed by atoms with Crippen molar-refractivity contribution in [3.8, 4) is 5.75 Å². The van der Waals surface area contributed by atoms with Crippen LogP contribution >= 0.6 is 0 Å². The molecule has 0 saturated heterocycles. The number of methoxy groups -OCH3 is 1. The van der Waals surface area contributed by atoms with E-state index in [1.165, 1.54) is 11.3 Å². The summed E-state index contributed by atoms with van der Waals surface area (Å²) in [4.78, 5) is 2.30. The van der Waals surface area contributed by atoms with Gasteiger partial charge in [-0.05, 0) is 30.8 Å². The van der Waals surface area contributed by atoms with Crippen molar-refractivity contribution in [1.82, 2.24) is 5.32 Å². The first-order valence-corrected chi connectivity index (χ1v) is 5.30. The molecule has 1 aliphatic heterocycles. The van der Waals surface area contributed by atoms with Gasteiger partial charge in [-0.3, -0.25) is 0 Å². The molecule has 82 valence electrons. The van der Waals surface area contributed by atoms with E-state index in [0.717, 1.165) is 18.8 Å². The van der Waals surface area contributed by atoms with Gasteiger partial charge in [-0.15, -0.1) is 0 Å². The molecule has 15 heavy (non-hydrogen) atoms. The molecule has 3 nitrogen and oxygen atoms in total. The Hall–Kier alpha value is -1.22. The molecule has 0 saturated carbocycles. The van der Waals surface area contributed by atoms with Crippen LogP contribution in [0.4, 0.5) is 5.69 Å². The Kier molecular flexibility index (Phi) is 2.82.